The molecule has 5 rings (SSSR count). The van der Waals surface area contributed by atoms with Crippen LogP contribution in [0.5, 0.6) is 5.75 Å². The number of hydrogen-bond acceptors (Lipinski definition) is 9. The van der Waals surface area contributed by atoms with Crippen molar-refractivity contribution in [2.45, 2.75) is 25.9 Å². The summed E-state index contributed by atoms with van der Waals surface area (Å²) in [5.41, 5.74) is 4.02. The second kappa shape index (κ2) is 9.55. The van der Waals surface area contributed by atoms with Crippen LogP contribution in [0.1, 0.15) is 29.4 Å². The SMILES string of the molecule is CCOC(=O)C1=C(N)Oc2cc(C)oc(=O)c2C12C(=O)N(CC(=O)OCc1ccccc1)c1ccccc12. The smallest absolute Gasteiger partial charge is 0.344 e. The molecule has 0 aliphatic carbocycles. The third-order valence-electron chi connectivity index (χ3n) is 6.43. The van der Waals surface area contributed by atoms with Gasteiger partial charge in [-0.15, -0.1) is 0 Å². The van der Waals surface area contributed by atoms with E-state index in [1.807, 2.05) is 18.2 Å². The van der Waals surface area contributed by atoms with E-state index in [0.29, 0.717) is 5.69 Å². The maximum absolute atomic E-state index is 14.4. The molecule has 2 aromatic carbocycles. The van der Waals surface area contributed by atoms with Crippen molar-refractivity contribution in [1.29, 1.82) is 0 Å². The van der Waals surface area contributed by atoms with Gasteiger partial charge in [-0.2, -0.15) is 0 Å². The first kappa shape index (κ1) is 24.8. The van der Waals surface area contributed by atoms with Crippen LogP contribution in [0.3, 0.4) is 0 Å². The van der Waals surface area contributed by atoms with E-state index in [4.69, 9.17) is 24.4 Å². The first-order chi connectivity index (χ1) is 18.3. The Labute approximate surface area is 217 Å². The van der Waals surface area contributed by atoms with Crippen LogP contribution in [0.2, 0.25) is 0 Å². The van der Waals surface area contributed by atoms with Crippen molar-refractivity contribution in [3.8, 4) is 5.75 Å². The van der Waals surface area contributed by atoms with Gasteiger partial charge in [0.05, 0.1) is 6.61 Å². The van der Waals surface area contributed by atoms with Crippen molar-refractivity contribution in [2.24, 2.45) is 5.73 Å². The van der Waals surface area contributed by atoms with Gasteiger partial charge >= 0.3 is 17.6 Å². The molecule has 0 saturated heterocycles. The lowest BCUT2D eigenvalue weighted by atomic mass is 9.69. The summed E-state index contributed by atoms with van der Waals surface area (Å²) >= 11 is 0. The first-order valence-electron chi connectivity index (χ1n) is 11.9. The van der Waals surface area contributed by atoms with Crippen LogP contribution in [0.25, 0.3) is 0 Å². The van der Waals surface area contributed by atoms with E-state index in [9.17, 15) is 19.2 Å². The average molecular weight is 517 g/mol. The standard InChI is InChI=1S/C28H24N2O8/c1-3-35-25(32)23-24(29)38-20-13-16(2)37-26(33)22(20)28(23)18-11-7-8-12-19(18)30(27(28)34)14-21(31)36-15-17-9-5-4-6-10-17/h4-13H,3,14-15,29H2,1-2H3. The highest BCUT2D eigenvalue weighted by molar-refractivity contribution is 6.19. The fourth-order valence-corrected chi connectivity index (χ4v) is 4.94. The molecule has 1 spiro atoms. The molecule has 2 aliphatic heterocycles. The number of amides is 1. The highest BCUT2D eigenvalue weighted by Gasteiger charge is 2.63. The molecule has 1 unspecified atom stereocenters. The van der Waals surface area contributed by atoms with Gasteiger partial charge in [0.2, 0.25) is 11.8 Å². The van der Waals surface area contributed by atoms with E-state index in [0.717, 1.165) is 5.56 Å². The minimum absolute atomic E-state index is 0.00889. The Morgan fingerprint density at radius 3 is 2.47 bits per heavy atom. The van der Waals surface area contributed by atoms with Gasteiger partial charge in [0.15, 0.2) is 0 Å². The van der Waals surface area contributed by atoms with E-state index < -0.39 is 41.3 Å². The van der Waals surface area contributed by atoms with Crippen molar-refractivity contribution in [1.82, 2.24) is 0 Å². The molecule has 3 aromatic rings. The molecule has 2 aliphatic rings. The number of aryl methyl sites for hydroxylation is 1. The summed E-state index contributed by atoms with van der Waals surface area (Å²) in [6.45, 7) is 2.64. The van der Waals surface area contributed by atoms with Crippen LogP contribution in [0.15, 0.2) is 81.3 Å². The molecule has 3 heterocycles. The van der Waals surface area contributed by atoms with E-state index >= 15 is 0 Å². The van der Waals surface area contributed by atoms with E-state index in [2.05, 4.69) is 0 Å². The summed E-state index contributed by atoms with van der Waals surface area (Å²) in [7, 11) is 0. The molecule has 38 heavy (non-hydrogen) atoms. The van der Waals surface area contributed by atoms with Crippen molar-refractivity contribution in [2.75, 3.05) is 18.1 Å². The van der Waals surface area contributed by atoms with E-state index in [1.165, 1.54) is 17.9 Å². The Morgan fingerprint density at radius 1 is 1.03 bits per heavy atom. The number of rotatable bonds is 6. The predicted octanol–water partition coefficient (Wildman–Crippen LogP) is 2.45. The molecular weight excluding hydrogens is 492 g/mol. The Hall–Kier alpha value is -4.86. The van der Waals surface area contributed by atoms with Crippen LogP contribution in [-0.4, -0.2) is 31.0 Å². The summed E-state index contributed by atoms with van der Waals surface area (Å²) in [5.74, 6) is -2.59. The van der Waals surface area contributed by atoms with Crippen LogP contribution >= 0.6 is 0 Å². The van der Waals surface area contributed by atoms with Crippen molar-refractivity contribution >= 4 is 23.5 Å². The Kier molecular flexibility index (Phi) is 6.23. The molecule has 194 valence electrons. The van der Waals surface area contributed by atoms with Gasteiger partial charge in [-0.25, -0.2) is 9.59 Å². The van der Waals surface area contributed by atoms with Gasteiger partial charge in [0.25, 0.3) is 0 Å². The topological polar surface area (TPSA) is 138 Å². The zero-order valence-corrected chi connectivity index (χ0v) is 20.7. The van der Waals surface area contributed by atoms with Crippen molar-refractivity contribution in [3.63, 3.8) is 0 Å². The molecule has 1 amide bonds. The van der Waals surface area contributed by atoms with Crippen LogP contribution in [0, 0.1) is 6.92 Å². The largest absolute Gasteiger partial charge is 0.462 e. The molecule has 0 fully saturated rings. The molecule has 2 N–H and O–H groups in total. The highest BCUT2D eigenvalue weighted by atomic mass is 16.5. The third kappa shape index (κ3) is 3.81. The lowest BCUT2D eigenvalue weighted by Gasteiger charge is -2.34. The maximum Gasteiger partial charge on any atom is 0.344 e. The lowest BCUT2D eigenvalue weighted by molar-refractivity contribution is -0.144. The zero-order valence-electron chi connectivity index (χ0n) is 20.7. The number of nitrogens with two attached hydrogens (primary N) is 1. The molecule has 10 heteroatoms. The molecule has 0 radical (unpaired) electrons. The number of fused-ring (bicyclic) bond motifs is 4. The summed E-state index contributed by atoms with van der Waals surface area (Å²) in [4.78, 5) is 55.0. The van der Waals surface area contributed by atoms with E-state index in [1.54, 1.807) is 43.3 Å². The molecule has 0 saturated carbocycles. The summed E-state index contributed by atoms with van der Waals surface area (Å²) in [5, 5.41) is 0. The van der Waals surface area contributed by atoms with Crippen molar-refractivity contribution < 1.29 is 33.0 Å². The lowest BCUT2D eigenvalue weighted by Crippen LogP contribution is -2.51. The normalized spacial score (nSPS) is 17.6. The molecule has 10 nitrogen and oxygen atoms in total. The minimum Gasteiger partial charge on any atom is -0.462 e. The minimum atomic E-state index is -2.06. The number of carbonyl (C=O) groups is 3. The quantitative estimate of drug-likeness (QED) is 0.490. The van der Waals surface area contributed by atoms with Gasteiger partial charge < -0.3 is 24.4 Å². The number of nitrogens with zero attached hydrogens (tertiary/aromatic N) is 1. The van der Waals surface area contributed by atoms with Crippen LogP contribution < -0.4 is 21.0 Å². The molecule has 1 aromatic heterocycles. The number of anilines is 1. The number of benzene rings is 2. The second-order valence-corrected chi connectivity index (χ2v) is 8.75. The summed E-state index contributed by atoms with van der Waals surface area (Å²) in [6, 6.07) is 17.0. The maximum atomic E-state index is 14.4. The zero-order chi connectivity index (χ0) is 27.0. The fourth-order valence-electron chi connectivity index (χ4n) is 4.94. The third-order valence-corrected chi connectivity index (χ3v) is 6.43. The predicted molar refractivity (Wildman–Crippen MR) is 134 cm³/mol. The summed E-state index contributed by atoms with van der Waals surface area (Å²) in [6.07, 6.45) is 0. The van der Waals surface area contributed by atoms with Crippen LogP contribution in [0.4, 0.5) is 5.69 Å². The Bertz CT molecular complexity index is 1540. The van der Waals surface area contributed by atoms with Gasteiger partial charge in [-0.3, -0.25) is 14.5 Å². The van der Waals surface area contributed by atoms with Gasteiger partial charge in [-0.1, -0.05) is 48.5 Å². The number of hydrogen-bond donors (Lipinski definition) is 1. The highest BCUT2D eigenvalue weighted by Crippen LogP contribution is 2.54. The number of carbonyl (C=O) groups excluding carboxylic acids is 3. The summed E-state index contributed by atoms with van der Waals surface area (Å²) < 4.78 is 21.6. The molecule has 0 bridgehead atoms. The molecule has 1 atom stereocenters. The van der Waals surface area contributed by atoms with Crippen molar-refractivity contribution in [3.05, 3.63) is 105 Å². The van der Waals surface area contributed by atoms with Gasteiger partial charge in [-0.05, 0) is 25.5 Å². The molecular formula is C28H24N2O8. The van der Waals surface area contributed by atoms with E-state index in [-0.39, 0.29) is 41.4 Å². The first-order valence-corrected chi connectivity index (χ1v) is 11.9. The number of ether oxygens (including phenoxy) is 3. The fraction of sp³-hybridized carbons (Fsp3) is 0.214. The Balaban J connectivity index is 1.65. The van der Waals surface area contributed by atoms with Crippen LogP contribution in [-0.2, 0) is 35.9 Å². The number of para-hydroxylation sites is 1. The number of esters is 2. The van der Waals surface area contributed by atoms with Gasteiger partial charge in [0, 0.05) is 17.3 Å². The monoisotopic (exact) mass is 516 g/mol. The average Bonchev–Trinajstić information content (AvgIpc) is 3.11. The van der Waals surface area contributed by atoms with Gasteiger partial charge in [0.1, 0.15) is 41.2 Å². The Morgan fingerprint density at radius 2 is 1.74 bits per heavy atom. The second-order valence-electron chi connectivity index (χ2n) is 8.75.